The predicted molar refractivity (Wildman–Crippen MR) is 84.1 cm³/mol. The first-order chi connectivity index (χ1) is 11.5. The molecule has 1 amide bonds. The number of fused-ring (bicyclic) bond motifs is 1. The first kappa shape index (κ1) is 16.0. The summed E-state index contributed by atoms with van der Waals surface area (Å²) in [6.45, 7) is 4.41. The van der Waals surface area contributed by atoms with Gasteiger partial charge in [0.1, 0.15) is 11.5 Å². The Labute approximate surface area is 138 Å². The molecule has 0 saturated heterocycles. The summed E-state index contributed by atoms with van der Waals surface area (Å²) in [5.41, 5.74) is 1.50. The van der Waals surface area contributed by atoms with Crippen LogP contribution in [0, 0.1) is 0 Å². The Balaban J connectivity index is 1.81. The van der Waals surface area contributed by atoms with Gasteiger partial charge in [-0.15, -0.1) is 0 Å². The zero-order chi connectivity index (χ0) is 17.3. The van der Waals surface area contributed by atoms with E-state index in [2.05, 4.69) is 10.5 Å². The molecule has 0 unspecified atom stereocenters. The molecule has 3 rings (SSSR count). The van der Waals surface area contributed by atoms with E-state index in [1.54, 1.807) is 18.2 Å². The number of rotatable bonds is 5. The SMILES string of the molecule is CC(C)c1cc(C(=O)N[C@@H](C(=O)O)c2ccc3c(c2)CCO3)no1. The lowest BCUT2D eigenvalue weighted by atomic mass is 10.0. The standard InChI is InChI=1S/C17H18N2O5/c1-9(2)14-8-12(19-24-14)16(20)18-15(17(21)22)11-3-4-13-10(7-11)5-6-23-13/h3-4,7-9,15H,5-6H2,1-2H3,(H,18,20)(H,21,22)/t15-/m1/s1. The number of nitrogens with zero attached hydrogens (tertiary/aromatic N) is 1. The van der Waals surface area contributed by atoms with Crippen LogP contribution in [0.4, 0.5) is 0 Å². The Bertz CT molecular complexity index is 781. The molecule has 0 spiro atoms. The Morgan fingerprint density at radius 2 is 2.08 bits per heavy atom. The monoisotopic (exact) mass is 330 g/mol. The maximum Gasteiger partial charge on any atom is 0.330 e. The highest BCUT2D eigenvalue weighted by Gasteiger charge is 2.26. The van der Waals surface area contributed by atoms with Crippen LogP contribution in [0.2, 0.25) is 0 Å². The van der Waals surface area contributed by atoms with Crippen LogP contribution in [0.3, 0.4) is 0 Å². The van der Waals surface area contributed by atoms with Crippen molar-refractivity contribution in [3.05, 3.63) is 46.8 Å². The number of carboxylic acids is 1. The summed E-state index contributed by atoms with van der Waals surface area (Å²) in [7, 11) is 0. The van der Waals surface area contributed by atoms with Crippen molar-refractivity contribution in [2.24, 2.45) is 0 Å². The minimum absolute atomic E-state index is 0.0643. The highest BCUT2D eigenvalue weighted by molar-refractivity contribution is 5.95. The fraction of sp³-hybridized carbons (Fsp3) is 0.353. The molecule has 0 bridgehead atoms. The van der Waals surface area contributed by atoms with Crippen LogP contribution in [-0.4, -0.2) is 28.7 Å². The van der Waals surface area contributed by atoms with E-state index in [1.807, 2.05) is 13.8 Å². The second-order valence-corrected chi connectivity index (χ2v) is 5.98. The van der Waals surface area contributed by atoms with E-state index in [1.165, 1.54) is 6.07 Å². The average molecular weight is 330 g/mol. The number of nitrogens with one attached hydrogen (secondary N) is 1. The van der Waals surface area contributed by atoms with E-state index >= 15 is 0 Å². The number of carboxylic acid groups (broad SMARTS) is 1. The number of aromatic nitrogens is 1. The molecule has 1 aliphatic heterocycles. The fourth-order valence-corrected chi connectivity index (χ4v) is 2.55. The molecule has 2 heterocycles. The number of hydrogen-bond acceptors (Lipinski definition) is 5. The summed E-state index contributed by atoms with van der Waals surface area (Å²) < 4.78 is 10.5. The number of carbonyl (C=O) groups is 2. The van der Waals surface area contributed by atoms with Gasteiger partial charge in [0.15, 0.2) is 11.7 Å². The highest BCUT2D eigenvalue weighted by Crippen LogP contribution is 2.28. The van der Waals surface area contributed by atoms with E-state index in [9.17, 15) is 14.7 Å². The second-order valence-electron chi connectivity index (χ2n) is 5.98. The topological polar surface area (TPSA) is 102 Å². The van der Waals surface area contributed by atoms with Crippen molar-refractivity contribution in [2.45, 2.75) is 32.2 Å². The Morgan fingerprint density at radius 3 is 2.75 bits per heavy atom. The average Bonchev–Trinajstić information content (AvgIpc) is 3.20. The Hall–Kier alpha value is -2.83. The molecule has 126 valence electrons. The molecule has 0 radical (unpaired) electrons. The molecule has 0 saturated carbocycles. The van der Waals surface area contributed by atoms with Crippen molar-refractivity contribution in [3.63, 3.8) is 0 Å². The summed E-state index contributed by atoms with van der Waals surface area (Å²) in [5, 5.41) is 15.7. The van der Waals surface area contributed by atoms with Crippen molar-refractivity contribution in [2.75, 3.05) is 6.61 Å². The van der Waals surface area contributed by atoms with Crippen molar-refractivity contribution >= 4 is 11.9 Å². The number of hydrogen-bond donors (Lipinski definition) is 2. The van der Waals surface area contributed by atoms with Crippen molar-refractivity contribution in [1.29, 1.82) is 0 Å². The molecule has 0 aliphatic carbocycles. The van der Waals surface area contributed by atoms with Crippen LogP contribution in [0.1, 0.15) is 53.2 Å². The summed E-state index contributed by atoms with van der Waals surface area (Å²) in [5.74, 6) is -0.315. The van der Waals surface area contributed by atoms with Gasteiger partial charge in [0.25, 0.3) is 5.91 Å². The van der Waals surface area contributed by atoms with E-state index in [0.29, 0.717) is 17.9 Å². The predicted octanol–water partition coefficient (Wildman–Crippen LogP) is 2.29. The van der Waals surface area contributed by atoms with Gasteiger partial charge in [-0.05, 0) is 23.3 Å². The fourth-order valence-electron chi connectivity index (χ4n) is 2.55. The maximum absolute atomic E-state index is 12.3. The zero-order valence-electron chi connectivity index (χ0n) is 13.4. The first-order valence-electron chi connectivity index (χ1n) is 7.71. The lowest BCUT2D eigenvalue weighted by Gasteiger charge is -2.15. The van der Waals surface area contributed by atoms with E-state index in [-0.39, 0.29) is 11.6 Å². The molecule has 2 N–H and O–H groups in total. The van der Waals surface area contributed by atoms with E-state index < -0.39 is 17.9 Å². The van der Waals surface area contributed by atoms with Gasteiger partial charge < -0.3 is 19.7 Å². The quantitative estimate of drug-likeness (QED) is 0.872. The lowest BCUT2D eigenvalue weighted by molar-refractivity contribution is -0.139. The summed E-state index contributed by atoms with van der Waals surface area (Å²) >= 11 is 0. The third-order valence-corrected chi connectivity index (χ3v) is 3.90. The third kappa shape index (κ3) is 3.10. The number of carbonyl (C=O) groups excluding carboxylic acids is 1. The first-order valence-corrected chi connectivity index (χ1v) is 7.71. The third-order valence-electron chi connectivity index (χ3n) is 3.90. The minimum atomic E-state index is -1.16. The van der Waals surface area contributed by atoms with E-state index in [4.69, 9.17) is 9.26 Å². The number of benzene rings is 1. The van der Waals surface area contributed by atoms with Gasteiger partial charge in [-0.3, -0.25) is 4.79 Å². The molecular weight excluding hydrogens is 312 g/mol. The number of amides is 1. The van der Waals surface area contributed by atoms with Gasteiger partial charge in [0.05, 0.1) is 6.61 Å². The van der Waals surface area contributed by atoms with Gasteiger partial charge in [0, 0.05) is 18.4 Å². The summed E-state index contributed by atoms with van der Waals surface area (Å²) in [6, 6.07) is 5.49. The van der Waals surface area contributed by atoms with Gasteiger partial charge in [-0.2, -0.15) is 0 Å². The smallest absolute Gasteiger partial charge is 0.330 e. The van der Waals surface area contributed by atoms with Crippen LogP contribution in [0.15, 0.2) is 28.8 Å². The second kappa shape index (κ2) is 6.35. The summed E-state index contributed by atoms with van der Waals surface area (Å²) in [4.78, 5) is 23.9. The molecule has 0 fully saturated rings. The van der Waals surface area contributed by atoms with Crippen LogP contribution in [0.25, 0.3) is 0 Å². The Morgan fingerprint density at radius 1 is 1.29 bits per heavy atom. The normalized spacial score (nSPS) is 14.1. The Kier molecular flexibility index (Phi) is 4.24. The molecule has 1 aliphatic rings. The van der Waals surface area contributed by atoms with Crippen LogP contribution in [-0.2, 0) is 11.2 Å². The zero-order valence-corrected chi connectivity index (χ0v) is 13.4. The van der Waals surface area contributed by atoms with Crippen molar-refractivity contribution in [3.8, 4) is 5.75 Å². The molecule has 7 heteroatoms. The summed E-state index contributed by atoms with van der Waals surface area (Å²) in [6.07, 6.45) is 0.727. The van der Waals surface area contributed by atoms with Gasteiger partial charge in [-0.25, -0.2) is 4.79 Å². The largest absolute Gasteiger partial charge is 0.493 e. The molecule has 7 nitrogen and oxygen atoms in total. The van der Waals surface area contributed by atoms with Crippen molar-refractivity contribution < 1.29 is 24.0 Å². The van der Waals surface area contributed by atoms with Gasteiger partial charge >= 0.3 is 5.97 Å². The number of aliphatic carboxylic acids is 1. The minimum Gasteiger partial charge on any atom is -0.493 e. The molecule has 2 aromatic rings. The molecule has 1 aromatic carbocycles. The lowest BCUT2D eigenvalue weighted by Crippen LogP contribution is -2.34. The van der Waals surface area contributed by atoms with Gasteiger partial charge in [0.2, 0.25) is 0 Å². The van der Waals surface area contributed by atoms with Crippen LogP contribution < -0.4 is 10.1 Å². The molecule has 1 aromatic heterocycles. The van der Waals surface area contributed by atoms with Crippen LogP contribution >= 0.6 is 0 Å². The van der Waals surface area contributed by atoms with Crippen LogP contribution in [0.5, 0.6) is 5.75 Å². The van der Waals surface area contributed by atoms with Gasteiger partial charge in [-0.1, -0.05) is 25.1 Å². The molecular formula is C17H18N2O5. The number of ether oxygens (including phenoxy) is 1. The van der Waals surface area contributed by atoms with E-state index in [0.717, 1.165) is 17.7 Å². The molecule has 24 heavy (non-hydrogen) atoms. The molecule has 1 atom stereocenters. The van der Waals surface area contributed by atoms with Crippen molar-refractivity contribution in [1.82, 2.24) is 10.5 Å². The highest BCUT2D eigenvalue weighted by atomic mass is 16.5. The maximum atomic E-state index is 12.3.